The highest BCUT2D eigenvalue weighted by atomic mass is 79.9. The summed E-state index contributed by atoms with van der Waals surface area (Å²) in [6.45, 7) is 0. The van der Waals surface area contributed by atoms with E-state index in [9.17, 15) is 19.3 Å². The van der Waals surface area contributed by atoms with Crippen molar-refractivity contribution in [2.24, 2.45) is 0 Å². The van der Waals surface area contributed by atoms with Crippen LogP contribution < -0.4 is 4.74 Å². The Bertz CT molecular complexity index is 702. The molecule has 0 bridgehead atoms. The van der Waals surface area contributed by atoms with Crippen LogP contribution in [0.25, 0.3) is 0 Å². The van der Waals surface area contributed by atoms with E-state index >= 15 is 0 Å². The van der Waals surface area contributed by atoms with Crippen LogP contribution in [0.3, 0.4) is 0 Å². The molecular weight excluding hydrogens is 357 g/mol. The van der Waals surface area contributed by atoms with Crippen molar-refractivity contribution in [3.05, 3.63) is 48.9 Å². The van der Waals surface area contributed by atoms with Crippen LogP contribution in [-0.4, -0.2) is 16.0 Å². The second kappa shape index (κ2) is 5.55. The van der Waals surface area contributed by atoms with Gasteiger partial charge in [0.05, 0.1) is 15.5 Å². The summed E-state index contributed by atoms with van der Waals surface area (Å²) in [6, 6.07) is 3.07. The van der Waals surface area contributed by atoms with Crippen molar-refractivity contribution in [1.29, 1.82) is 0 Å². The molecule has 0 fully saturated rings. The molecule has 0 saturated heterocycles. The largest absolute Gasteiger partial charge is 0.477 e. The van der Waals surface area contributed by atoms with Gasteiger partial charge < -0.3 is 9.84 Å². The highest BCUT2D eigenvalue weighted by Gasteiger charge is 2.20. The van der Waals surface area contributed by atoms with Crippen LogP contribution in [-0.2, 0) is 0 Å². The molecule has 0 aliphatic rings. The number of aromatic carboxylic acids is 1. The average molecular weight is 362 g/mol. The number of carboxylic acid groups (broad SMARTS) is 1. The van der Waals surface area contributed by atoms with E-state index < -0.39 is 22.4 Å². The normalized spacial score (nSPS) is 10.3. The van der Waals surface area contributed by atoms with Crippen LogP contribution in [0.2, 0.25) is 0 Å². The number of rotatable bonds is 4. The number of hydrogen-bond acceptors (Lipinski definition) is 5. The number of nitrogens with zero attached hydrogens (tertiary/aromatic N) is 1. The SMILES string of the molecule is O=C(O)c1cc(Oc2cc(Br)c(F)cc2[N+](=O)[O-])cs1. The van der Waals surface area contributed by atoms with Gasteiger partial charge in [-0.15, -0.1) is 11.3 Å². The molecule has 0 spiro atoms. The quantitative estimate of drug-likeness (QED) is 0.655. The minimum absolute atomic E-state index is 0.00628. The van der Waals surface area contributed by atoms with Gasteiger partial charge in [-0.3, -0.25) is 10.1 Å². The topological polar surface area (TPSA) is 89.7 Å². The Labute approximate surface area is 123 Å². The third kappa shape index (κ3) is 2.94. The van der Waals surface area contributed by atoms with Gasteiger partial charge >= 0.3 is 11.7 Å². The molecule has 20 heavy (non-hydrogen) atoms. The number of halogens is 2. The third-order valence-corrected chi connectivity index (χ3v) is 3.72. The summed E-state index contributed by atoms with van der Waals surface area (Å²) >= 11 is 3.82. The molecule has 1 heterocycles. The van der Waals surface area contributed by atoms with Crippen molar-refractivity contribution in [2.75, 3.05) is 0 Å². The average Bonchev–Trinajstić information content (AvgIpc) is 2.82. The summed E-state index contributed by atoms with van der Waals surface area (Å²) in [5.74, 6) is -1.97. The number of nitro groups is 1. The number of hydrogen-bond donors (Lipinski definition) is 1. The fourth-order valence-electron chi connectivity index (χ4n) is 1.35. The molecule has 0 radical (unpaired) electrons. The Morgan fingerprint density at radius 2 is 2.15 bits per heavy atom. The molecule has 0 aliphatic carbocycles. The fourth-order valence-corrected chi connectivity index (χ4v) is 2.32. The van der Waals surface area contributed by atoms with Gasteiger partial charge in [-0.1, -0.05) is 0 Å². The first-order chi connectivity index (χ1) is 9.38. The zero-order valence-corrected chi connectivity index (χ0v) is 11.9. The van der Waals surface area contributed by atoms with E-state index in [-0.39, 0.29) is 20.8 Å². The van der Waals surface area contributed by atoms with E-state index in [1.54, 1.807) is 0 Å². The highest BCUT2D eigenvalue weighted by molar-refractivity contribution is 9.10. The van der Waals surface area contributed by atoms with E-state index in [0.717, 1.165) is 23.5 Å². The first kappa shape index (κ1) is 14.4. The Kier molecular flexibility index (Phi) is 4.00. The van der Waals surface area contributed by atoms with Gasteiger partial charge in [0.15, 0.2) is 0 Å². The Morgan fingerprint density at radius 1 is 1.45 bits per heavy atom. The molecule has 1 aromatic carbocycles. The molecule has 0 aliphatic heterocycles. The lowest BCUT2D eigenvalue weighted by molar-refractivity contribution is -0.385. The van der Waals surface area contributed by atoms with Gasteiger partial charge in [0.25, 0.3) is 0 Å². The molecule has 9 heteroatoms. The van der Waals surface area contributed by atoms with Crippen molar-refractivity contribution in [2.45, 2.75) is 0 Å². The molecule has 2 aromatic rings. The fraction of sp³-hybridized carbons (Fsp3) is 0. The minimum Gasteiger partial charge on any atom is -0.477 e. The lowest BCUT2D eigenvalue weighted by atomic mass is 10.3. The summed E-state index contributed by atoms with van der Waals surface area (Å²) in [6.07, 6.45) is 0. The maximum atomic E-state index is 13.3. The number of carbonyl (C=O) groups is 1. The van der Waals surface area contributed by atoms with Crippen molar-refractivity contribution < 1.29 is 24.0 Å². The van der Waals surface area contributed by atoms with E-state index in [1.807, 2.05) is 0 Å². The van der Waals surface area contributed by atoms with Crippen molar-refractivity contribution >= 4 is 38.9 Å². The van der Waals surface area contributed by atoms with Gasteiger partial charge in [-0.2, -0.15) is 0 Å². The highest BCUT2D eigenvalue weighted by Crippen LogP contribution is 2.36. The smallest absolute Gasteiger partial charge is 0.346 e. The Hall–Kier alpha value is -2.00. The molecule has 0 amide bonds. The van der Waals surface area contributed by atoms with Crippen LogP contribution in [0.15, 0.2) is 28.1 Å². The second-order valence-electron chi connectivity index (χ2n) is 3.55. The predicted octanol–water partition coefficient (Wildman–Crippen LogP) is 4.05. The first-order valence-corrected chi connectivity index (χ1v) is 6.69. The van der Waals surface area contributed by atoms with Crippen molar-refractivity contribution in [3.63, 3.8) is 0 Å². The van der Waals surface area contributed by atoms with Crippen LogP contribution >= 0.6 is 27.3 Å². The lowest BCUT2D eigenvalue weighted by Crippen LogP contribution is -1.95. The summed E-state index contributed by atoms with van der Waals surface area (Å²) in [5, 5.41) is 21.0. The number of carboxylic acids is 1. The van der Waals surface area contributed by atoms with E-state index in [0.29, 0.717) is 0 Å². The van der Waals surface area contributed by atoms with Crippen LogP contribution in [0.1, 0.15) is 9.67 Å². The summed E-state index contributed by atoms with van der Waals surface area (Å²) in [7, 11) is 0. The van der Waals surface area contributed by atoms with E-state index in [2.05, 4.69) is 15.9 Å². The number of benzene rings is 1. The zero-order valence-electron chi connectivity index (χ0n) is 9.50. The predicted molar refractivity (Wildman–Crippen MR) is 72.1 cm³/mol. The molecule has 1 aromatic heterocycles. The van der Waals surface area contributed by atoms with Crippen molar-refractivity contribution in [3.8, 4) is 11.5 Å². The van der Waals surface area contributed by atoms with Crippen LogP contribution in [0.5, 0.6) is 11.5 Å². The Morgan fingerprint density at radius 3 is 2.70 bits per heavy atom. The van der Waals surface area contributed by atoms with Crippen LogP contribution in [0.4, 0.5) is 10.1 Å². The molecule has 0 saturated carbocycles. The molecule has 6 nitrogen and oxygen atoms in total. The summed E-state index contributed by atoms with van der Waals surface area (Å²) in [5.41, 5.74) is -0.547. The zero-order chi connectivity index (χ0) is 14.9. The molecular formula is C11H5BrFNO5S. The molecule has 1 N–H and O–H groups in total. The van der Waals surface area contributed by atoms with E-state index in [1.165, 1.54) is 11.4 Å². The summed E-state index contributed by atoms with van der Waals surface area (Å²) < 4.78 is 18.5. The van der Waals surface area contributed by atoms with Gasteiger partial charge in [0.2, 0.25) is 5.75 Å². The first-order valence-electron chi connectivity index (χ1n) is 5.01. The van der Waals surface area contributed by atoms with Crippen LogP contribution in [0, 0.1) is 15.9 Å². The Balaban J connectivity index is 2.39. The number of nitro benzene ring substituents is 1. The van der Waals surface area contributed by atoms with Gasteiger partial charge in [0.1, 0.15) is 16.4 Å². The molecule has 0 atom stereocenters. The van der Waals surface area contributed by atoms with Crippen molar-refractivity contribution in [1.82, 2.24) is 0 Å². The van der Waals surface area contributed by atoms with Gasteiger partial charge in [-0.05, 0) is 15.9 Å². The maximum Gasteiger partial charge on any atom is 0.346 e. The molecule has 0 unspecified atom stereocenters. The molecule has 104 valence electrons. The van der Waals surface area contributed by atoms with E-state index in [4.69, 9.17) is 9.84 Å². The lowest BCUT2D eigenvalue weighted by Gasteiger charge is -2.05. The standard InChI is InChI=1S/C11H5BrFNO5S/c12-6-2-9(8(14(17)18)3-7(6)13)19-5-1-10(11(15)16)20-4-5/h1-4H,(H,15,16). The van der Waals surface area contributed by atoms with Gasteiger partial charge in [0, 0.05) is 17.5 Å². The number of ether oxygens (including phenoxy) is 1. The monoisotopic (exact) mass is 361 g/mol. The number of thiophene rings is 1. The molecule has 2 rings (SSSR count). The third-order valence-electron chi connectivity index (χ3n) is 2.21. The maximum absolute atomic E-state index is 13.3. The second-order valence-corrected chi connectivity index (χ2v) is 5.31. The van der Waals surface area contributed by atoms with Gasteiger partial charge in [-0.25, -0.2) is 9.18 Å². The summed E-state index contributed by atoms with van der Waals surface area (Å²) in [4.78, 5) is 20.8. The minimum atomic E-state index is -1.13.